The van der Waals surface area contributed by atoms with Crippen LogP contribution in [-0.2, 0) is 9.53 Å². The van der Waals surface area contributed by atoms with Crippen molar-refractivity contribution in [3.05, 3.63) is 46.7 Å². The second kappa shape index (κ2) is 4.07. The third kappa shape index (κ3) is 2.39. The predicted octanol–water partition coefficient (Wildman–Crippen LogP) is 3.27. The molecule has 0 bridgehead atoms. The number of rotatable bonds is 1. The van der Waals surface area contributed by atoms with Crippen molar-refractivity contribution in [2.75, 3.05) is 0 Å². The van der Waals surface area contributed by atoms with Gasteiger partial charge in [-0.05, 0) is 24.6 Å². The van der Waals surface area contributed by atoms with E-state index >= 15 is 0 Å². The third-order valence-electron chi connectivity index (χ3n) is 2.30. The summed E-state index contributed by atoms with van der Waals surface area (Å²) >= 11 is 5.88. The molecule has 0 saturated carbocycles. The molecule has 3 heteroatoms. The van der Waals surface area contributed by atoms with Crippen molar-refractivity contribution in [1.29, 1.82) is 0 Å². The Labute approximate surface area is 93.5 Å². The van der Waals surface area contributed by atoms with Crippen molar-refractivity contribution in [1.82, 2.24) is 0 Å². The molecule has 0 N–H and O–H groups in total. The lowest BCUT2D eigenvalue weighted by Crippen LogP contribution is -2.14. The van der Waals surface area contributed by atoms with Crippen LogP contribution < -0.4 is 0 Å². The molecular formula is C12H11ClO2. The molecule has 1 aromatic rings. The number of halogens is 1. The zero-order chi connectivity index (χ0) is 10.8. The molecule has 1 aliphatic rings. The molecule has 0 aliphatic carbocycles. The van der Waals surface area contributed by atoms with E-state index in [2.05, 4.69) is 0 Å². The van der Waals surface area contributed by atoms with Crippen LogP contribution in [0.1, 0.15) is 25.0 Å². The van der Waals surface area contributed by atoms with Gasteiger partial charge in [0.1, 0.15) is 6.10 Å². The van der Waals surface area contributed by atoms with E-state index in [1.807, 2.05) is 18.2 Å². The Balaban J connectivity index is 2.26. The smallest absolute Gasteiger partial charge is 0.163 e. The van der Waals surface area contributed by atoms with Crippen LogP contribution in [0.25, 0.3) is 0 Å². The van der Waals surface area contributed by atoms with Gasteiger partial charge in [0, 0.05) is 11.1 Å². The minimum atomic E-state index is -0.193. The first-order valence-electron chi connectivity index (χ1n) is 4.78. The fraction of sp³-hybridized carbons (Fsp3) is 0.250. The second-order valence-corrected chi connectivity index (χ2v) is 4.02. The molecule has 0 saturated heterocycles. The minimum Gasteiger partial charge on any atom is -0.490 e. The van der Waals surface area contributed by atoms with Gasteiger partial charge in [0.25, 0.3) is 0 Å². The van der Waals surface area contributed by atoms with Gasteiger partial charge in [-0.15, -0.1) is 0 Å². The summed E-state index contributed by atoms with van der Waals surface area (Å²) in [5.74, 6) is 0.764. The van der Waals surface area contributed by atoms with Crippen LogP contribution in [-0.4, -0.2) is 5.78 Å². The zero-order valence-electron chi connectivity index (χ0n) is 8.37. The topological polar surface area (TPSA) is 26.3 Å². The van der Waals surface area contributed by atoms with Crippen molar-refractivity contribution in [3.8, 4) is 0 Å². The number of ether oxygens (including phenoxy) is 1. The van der Waals surface area contributed by atoms with E-state index in [1.54, 1.807) is 13.0 Å². The van der Waals surface area contributed by atoms with E-state index in [0.717, 1.165) is 5.56 Å². The monoisotopic (exact) mass is 222 g/mol. The Morgan fingerprint density at radius 2 is 2.27 bits per heavy atom. The van der Waals surface area contributed by atoms with Gasteiger partial charge in [-0.3, -0.25) is 4.79 Å². The number of carbonyl (C=O) groups is 1. The molecule has 1 heterocycles. The average Bonchev–Trinajstić information content (AvgIpc) is 2.16. The molecule has 2 nitrogen and oxygen atoms in total. The van der Waals surface area contributed by atoms with Gasteiger partial charge in [0.15, 0.2) is 5.78 Å². The highest BCUT2D eigenvalue weighted by Gasteiger charge is 2.21. The first kappa shape index (κ1) is 10.2. The van der Waals surface area contributed by atoms with Crippen LogP contribution in [0.5, 0.6) is 0 Å². The van der Waals surface area contributed by atoms with Crippen LogP contribution in [0, 0.1) is 0 Å². The van der Waals surface area contributed by atoms with E-state index in [1.165, 1.54) is 6.08 Å². The molecule has 15 heavy (non-hydrogen) atoms. The van der Waals surface area contributed by atoms with Crippen molar-refractivity contribution in [2.24, 2.45) is 0 Å². The maximum atomic E-state index is 11.4. The normalized spacial score (nSPS) is 20.8. The number of carbonyl (C=O) groups excluding carboxylic acids is 1. The maximum absolute atomic E-state index is 11.4. The second-order valence-electron chi connectivity index (χ2n) is 3.59. The van der Waals surface area contributed by atoms with E-state index in [4.69, 9.17) is 16.3 Å². The van der Waals surface area contributed by atoms with Crippen molar-refractivity contribution < 1.29 is 9.53 Å². The molecule has 1 atom stereocenters. The SMILES string of the molecule is CC1=CC(=O)CC(c2cccc(Cl)c2)O1. The van der Waals surface area contributed by atoms with Gasteiger partial charge < -0.3 is 4.74 Å². The molecule has 2 rings (SSSR count). The summed E-state index contributed by atoms with van der Waals surface area (Å²) < 4.78 is 5.58. The molecule has 1 aromatic carbocycles. The van der Waals surface area contributed by atoms with E-state index in [-0.39, 0.29) is 11.9 Å². The Hall–Kier alpha value is -1.28. The molecular weight excluding hydrogens is 212 g/mol. The van der Waals surface area contributed by atoms with Crippen molar-refractivity contribution in [2.45, 2.75) is 19.4 Å². The van der Waals surface area contributed by atoms with Crippen LogP contribution in [0.3, 0.4) is 0 Å². The molecule has 0 radical (unpaired) electrons. The lowest BCUT2D eigenvalue weighted by molar-refractivity contribution is -0.118. The summed E-state index contributed by atoms with van der Waals surface area (Å²) in [5, 5.41) is 0.663. The largest absolute Gasteiger partial charge is 0.490 e. The third-order valence-corrected chi connectivity index (χ3v) is 2.53. The van der Waals surface area contributed by atoms with Gasteiger partial charge in [-0.2, -0.15) is 0 Å². The number of allylic oxidation sites excluding steroid dienone is 2. The number of benzene rings is 1. The van der Waals surface area contributed by atoms with Crippen molar-refractivity contribution in [3.63, 3.8) is 0 Å². The van der Waals surface area contributed by atoms with Crippen LogP contribution >= 0.6 is 11.6 Å². The van der Waals surface area contributed by atoms with Crippen LogP contribution in [0.4, 0.5) is 0 Å². The summed E-state index contributed by atoms with van der Waals surface area (Å²) in [4.78, 5) is 11.4. The van der Waals surface area contributed by atoms with Gasteiger partial charge in [-0.25, -0.2) is 0 Å². The number of ketones is 1. The average molecular weight is 223 g/mol. The Bertz CT molecular complexity index is 423. The quantitative estimate of drug-likeness (QED) is 0.729. The highest BCUT2D eigenvalue weighted by Crippen LogP contribution is 2.29. The van der Waals surface area contributed by atoms with Gasteiger partial charge in [-0.1, -0.05) is 23.7 Å². The van der Waals surface area contributed by atoms with E-state index in [0.29, 0.717) is 17.2 Å². The van der Waals surface area contributed by atoms with E-state index in [9.17, 15) is 4.79 Å². The summed E-state index contributed by atoms with van der Waals surface area (Å²) in [7, 11) is 0. The maximum Gasteiger partial charge on any atom is 0.163 e. The fourth-order valence-corrected chi connectivity index (χ4v) is 1.86. The van der Waals surface area contributed by atoms with E-state index < -0.39 is 0 Å². The zero-order valence-corrected chi connectivity index (χ0v) is 9.12. The molecule has 1 aliphatic heterocycles. The lowest BCUT2D eigenvalue weighted by Gasteiger charge is -2.22. The Morgan fingerprint density at radius 3 is 2.93 bits per heavy atom. The molecule has 0 aromatic heterocycles. The summed E-state index contributed by atoms with van der Waals surface area (Å²) in [5.41, 5.74) is 0.948. The standard InChI is InChI=1S/C12H11ClO2/c1-8-5-11(14)7-12(15-8)9-3-2-4-10(13)6-9/h2-6,12H,7H2,1H3. The Morgan fingerprint density at radius 1 is 1.47 bits per heavy atom. The predicted molar refractivity (Wildman–Crippen MR) is 58.7 cm³/mol. The molecule has 78 valence electrons. The molecule has 0 amide bonds. The highest BCUT2D eigenvalue weighted by molar-refractivity contribution is 6.30. The van der Waals surface area contributed by atoms with Crippen molar-refractivity contribution >= 4 is 17.4 Å². The van der Waals surface area contributed by atoms with Crippen LogP contribution in [0.2, 0.25) is 5.02 Å². The molecule has 0 spiro atoms. The Kier molecular flexibility index (Phi) is 2.78. The van der Waals surface area contributed by atoms with Gasteiger partial charge >= 0.3 is 0 Å². The van der Waals surface area contributed by atoms with Gasteiger partial charge in [0.05, 0.1) is 12.2 Å². The number of hydrogen-bond donors (Lipinski definition) is 0. The molecule has 0 fully saturated rings. The summed E-state index contributed by atoms with van der Waals surface area (Å²) in [6.45, 7) is 1.79. The lowest BCUT2D eigenvalue weighted by atomic mass is 10.0. The first-order valence-corrected chi connectivity index (χ1v) is 5.16. The number of hydrogen-bond acceptors (Lipinski definition) is 2. The fourth-order valence-electron chi connectivity index (χ4n) is 1.66. The van der Waals surface area contributed by atoms with Gasteiger partial charge in [0.2, 0.25) is 0 Å². The minimum absolute atomic E-state index is 0.101. The highest BCUT2D eigenvalue weighted by atomic mass is 35.5. The summed E-state index contributed by atoms with van der Waals surface area (Å²) in [6.07, 6.45) is 1.72. The summed E-state index contributed by atoms with van der Waals surface area (Å²) in [6, 6.07) is 7.41. The van der Waals surface area contributed by atoms with Crippen LogP contribution in [0.15, 0.2) is 36.1 Å². The molecule has 1 unspecified atom stereocenters. The first-order chi connectivity index (χ1) is 7.15.